The molecule has 1 fully saturated rings. The molecular weight excluding hydrogens is 300 g/mol. The summed E-state index contributed by atoms with van der Waals surface area (Å²) in [4.78, 5) is 14.1. The minimum atomic E-state index is -0.465. The Balaban J connectivity index is 2.25. The van der Waals surface area contributed by atoms with E-state index in [1.807, 2.05) is 0 Å². The summed E-state index contributed by atoms with van der Waals surface area (Å²) in [5.74, 6) is 1.36. The predicted molar refractivity (Wildman–Crippen MR) is 86.5 cm³/mol. The second kappa shape index (κ2) is 7.52. The second-order valence-corrected chi connectivity index (χ2v) is 5.34. The summed E-state index contributed by atoms with van der Waals surface area (Å²) in [7, 11) is 6.31. The van der Waals surface area contributed by atoms with Gasteiger partial charge < -0.3 is 29.6 Å². The van der Waals surface area contributed by atoms with E-state index >= 15 is 0 Å². The Morgan fingerprint density at radius 2 is 1.83 bits per heavy atom. The molecule has 0 saturated carbocycles. The van der Waals surface area contributed by atoms with Crippen molar-refractivity contribution in [3.05, 3.63) is 12.1 Å². The van der Waals surface area contributed by atoms with Crippen molar-refractivity contribution in [3.63, 3.8) is 0 Å². The molecule has 1 amide bonds. The van der Waals surface area contributed by atoms with E-state index in [9.17, 15) is 4.79 Å². The summed E-state index contributed by atoms with van der Waals surface area (Å²) in [5.41, 5.74) is 6.24. The van der Waals surface area contributed by atoms with Crippen LogP contribution in [0.15, 0.2) is 12.1 Å². The summed E-state index contributed by atoms with van der Waals surface area (Å²) in [6.45, 7) is 0.428. The highest BCUT2D eigenvalue weighted by atomic mass is 16.5. The van der Waals surface area contributed by atoms with Gasteiger partial charge in [0, 0.05) is 25.7 Å². The molecule has 128 valence electrons. The molecule has 23 heavy (non-hydrogen) atoms. The molecule has 1 aliphatic rings. The number of likely N-dealkylation sites (N-methyl/N-ethyl adjacent to an activating group) is 1. The molecule has 1 saturated heterocycles. The fourth-order valence-corrected chi connectivity index (χ4v) is 2.66. The first-order valence-electron chi connectivity index (χ1n) is 7.48. The molecule has 0 bridgehead atoms. The highest BCUT2D eigenvalue weighted by Crippen LogP contribution is 2.41. The quantitative estimate of drug-likeness (QED) is 0.846. The zero-order valence-electron chi connectivity index (χ0n) is 14.0. The first-order valence-corrected chi connectivity index (χ1v) is 7.48. The van der Waals surface area contributed by atoms with Crippen LogP contribution >= 0.6 is 0 Å². The molecule has 2 rings (SSSR count). The van der Waals surface area contributed by atoms with E-state index in [0.29, 0.717) is 35.9 Å². The molecule has 0 aromatic heterocycles. The average Bonchev–Trinajstić information content (AvgIpc) is 3.08. The van der Waals surface area contributed by atoms with Crippen molar-refractivity contribution in [2.24, 2.45) is 5.73 Å². The highest BCUT2D eigenvalue weighted by Gasteiger charge is 2.32. The lowest BCUT2D eigenvalue weighted by Crippen LogP contribution is -2.37. The summed E-state index contributed by atoms with van der Waals surface area (Å²) >= 11 is 0. The molecule has 2 atom stereocenters. The van der Waals surface area contributed by atoms with Crippen LogP contribution in [0, 0.1) is 0 Å². The molecule has 1 aromatic rings. The van der Waals surface area contributed by atoms with Gasteiger partial charge in [0.15, 0.2) is 11.5 Å². The van der Waals surface area contributed by atoms with Gasteiger partial charge in [0.05, 0.1) is 33.1 Å². The Labute approximate surface area is 136 Å². The van der Waals surface area contributed by atoms with E-state index in [2.05, 4.69) is 0 Å². The maximum atomic E-state index is 12.6. The minimum Gasteiger partial charge on any atom is -0.493 e. The van der Waals surface area contributed by atoms with E-state index in [4.69, 9.17) is 24.7 Å². The van der Waals surface area contributed by atoms with Crippen LogP contribution in [0.25, 0.3) is 0 Å². The molecule has 0 spiro atoms. The van der Waals surface area contributed by atoms with E-state index in [-0.39, 0.29) is 12.0 Å². The van der Waals surface area contributed by atoms with Gasteiger partial charge in [-0.1, -0.05) is 0 Å². The lowest BCUT2D eigenvalue weighted by atomic mass is 10.1. The van der Waals surface area contributed by atoms with Crippen LogP contribution in [0.1, 0.15) is 12.8 Å². The normalized spacial score (nSPS) is 20.2. The molecule has 0 aliphatic carbocycles. The van der Waals surface area contributed by atoms with Gasteiger partial charge in [-0.15, -0.1) is 0 Å². The van der Waals surface area contributed by atoms with Gasteiger partial charge >= 0.3 is 0 Å². The van der Waals surface area contributed by atoms with E-state index in [0.717, 1.165) is 6.42 Å². The Bertz CT molecular complexity index is 538. The number of anilines is 1. The van der Waals surface area contributed by atoms with Crippen LogP contribution in [0.4, 0.5) is 5.69 Å². The number of methoxy groups -OCH3 is 3. The molecule has 1 heterocycles. The van der Waals surface area contributed by atoms with Gasteiger partial charge in [0.2, 0.25) is 5.75 Å². The van der Waals surface area contributed by atoms with E-state index in [1.54, 1.807) is 19.2 Å². The number of ether oxygens (including phenoxy) is 4. The fourth-order valence-electron chi connectivity index (χ4n) is 2.66. The van der Waals surface area contributed by atoms with Crippen LogP contribution in [0.3, 0.4) is 0 Å². The van der Waals surface area contributed by atoms with Crippen LogP contribution in [-0.2, 0) is 9.53 Å². The van der Waals surface area contributed by atoms with Gasteiger partial charge in [-0.05, 0) is 12.8 Å². The lowest BCUT2D eigenvalue weighted by molar-refractivity contribution is -0.128. The van der Waals surface area contributed by atoms with Gasteiger partial charge in [-0.25, -0.2) is 0 Å². The maximum absolute atomic E-state index is 12.6. The zero-order valence-corrected chi connectivity index (χ0v) is 14.0. The van der Waals surface area contributed by atoms with Crippen molar-refractivity contribution < 1.29 is 23.7 Å². The van der Waals surface area contributed by atoms with Gasteiger partial charge in [-0.2, -0.15) is 0 Å². The summed E-state index contributed by atoms with van der Waals surface area (Å²) in [5, 5.41) is 0. The topological polar surface area (TPSA) is 83.3 Å². The van der Waals surface area contributed by atoms with Crippen molar-refractivity contribution in [2.75, 3.05) is 39.8 Å². The number of carbonyl (C=O) groups excluding carboxylic acids is 1. The Morgan fingerprint density at radius 1 is 1.22 bits per heavy atom. The van der Waals surface area contributed by atoms with Crippen LogP contribution in [0.2, 0.25) is 0 Å². The first-order chi connectivity index (χ1) is 11.0. The number of rotatable bonds is 6. The molecule has 7 nitrogen and oxygen atoms in total. The smallest absolute Gasteiger partial charge is 0.255 e. The second-order valence-electron chi connectivity index (χ2n) is 5.34. The number of benzene rings is 1. The lowest BCUT2D eigenvalue weighted by Gasteiger charge is -2.23. The standard InChI is InChI=1S/C16H24N2O5/c1-18(16(19)12-6-5-11(9-17)23-12)10-7-13(20-2)15(22-4)14(8-10)21-3/h7-8,11-12H,5-6,9,17H2,1-4H3/t11-,12+/m1/s1. The zero-order chi connectivity index (χ0) is 17.0. The molecule has 2 N–H and O–H groups in total. The van der Waals surface area contributed by atoms with Crippen molar-refractivity contribution in [3.8, 4) is 17.2 Å². The van der Waals surface area contributed by atoms with Gasteiger partial charge in [-0.3, -0.25) is 4.79 Å². The van der Waals surface area contributed by atoms with E-state index < -0.39 is 6.10 Å². The molecule has 7 heteroatoms. The summed E-state index contributed by atoms with van der Waals surface area (Å²) in [6.07, 6.45) is 0.968. The third-order valence-corrected chi connectivity index (χ3v) is 4.01. The van der Waals surface area contributed by atoms with Crippen molar-refractivity contribution in [2.45, 2.75) is 25.0 Å². The number of hydrogen-bond acceptors (Lipinski definition) is 6. The molecular formula is C16H24N2O5. The Hall–Kier alpha value is -1.99. The first kappa shape index (κ1) is 17.4. The Morgan fingerprint density at radius 3 is 2.26 bits per heavy atom. The fraction of sp³-hybridized carbons (Fsp3) is 0.562. The maximum Gasteiger partial charge on any atom is 0.255 e. The average molecular weight is 324 g/mol. The van der Waals surface area contributed by atoms with Crippen molar-refractivity contribution >= 4 is 11.6 Å². The molecule has 1 aromatic carbocycles. The largest absolute Gasteiger partial charge is 0.493 e. The number of amides is 1. The van der Waals surface area contributed by atoms with Gasteiger partial charge in [0.25, 0.3) is 5.91 Å². The molecule has 0 radical (unpaired) electrons. The number of carbonyl (C=O) groups is 1. The third kappa shape index (κ3) is 3.51. The summed E-state index contributed by atoms with van der Waals surface area (Å²) < 4.78 is 21.6. The molecule has 1 aliphatic heterocycles. The SMILES string of the molecule is COc1cc(N(C)C(=O)[C@@H]2CC[C@H](CN)O2)cc(OC)c1OC. The van der Waals surface area contributed by atoms with Crippen molar-refractivity contribution in [1.29, 1.82) is 0 Å². The van der Waals surface area contributed by atoms with Gasteiger partial charge in [0.1, 0.15) is 6.10 Å². The minimum absolute atomic E-state index is 0.0442. The highest BCUT2D eigenvalue weighted by molar-refractivity contribution is 5.96. The van der Waals surface area contributed by atoms with Crippen LogP contribution in [0.5, 0.6) is 17.2 Å². The number of nitrogens with zero attached hydrogens (tertiary/aromatic N) is 1. The van der Waals surface area contributed by atoms with Crippen LogP contribution < -0.4 is 24.8 Å². The summed E-state index contributed by atoms with van der Waals surface area (Å²) in [6, 6.07) is 3.46. The number of hydrogen-bond donors (Lipinski definition) is 1. The van der Waals surface area contributed by atoms with E-state index in [1.165, 1.54) is 26.2 Å². The predicted octanol–water partition coefficient (Wildman–Crippen LogP) is 1.18. The third-order valence-electron chi connectivity index (χ3n) is 4.01. The monoisotopic (exact) mass is 324 g/mol. The van der Waals surface area contributed by atoms with Crippen LogP contribution in [-0.4, -0.2) is 53.0 Å². The number of nitrogens with two attached hydrogens (primary N) is 1. The Kier molecular flexibility index (Phi) is 5.68. The molecule has 0 unspecified atom stereocenters. The van der Waals surface area contributed by atoms with Crippen molar-refractivity contribution in [1.82, 2.24) is 0 Å².